The maximum absolute atomic E-state index is 3.79. The third kappa shape index (κ3) is 2.62. The highest BCUT2D eigenvalue weighted by Crippen LogP contribution is 2.01. The molecule has 0 saturated carbocycles. The quantitative estimate of drug-likeness (QED) is 0.668. The van der Waals surface area contributed by atoms with Crippen molar-refractivity contribution < 1.29 is 0 Å². The summed E-state index contributed by atoms with van der Waals surface area (Å²) in [6, 6.07) is 10.1. The molecule has 0 aliphatic heterocycles. The van der Waals surface area contributed by atoms with Gasteiger partial charge in [0.1, 0.15) is 0 Å². The lowest BCUT2D eigenvalue weighted by Crippen LogP contribution is -2.00. The van der Waals surface area contributed by atoms with Crippen molar-refractivity contribution in [1.82, 2.24) is 5.32 Å². The van der Waals surface area contributed by atoms with Crippen LogP contribution in [0.5, 0.6) is 0 Å². The number of allylic oxidation sites excluding steroid dienone is 1. The van der Waals surface area contributed by atoms with Gasteiger partial charge in [0.25, 0.3) is 0 Å². The molecule has 12 heavy (non-hydrogen) atoms. The van der Waals surface area contributed by atoms with Gasteiger partial charge in [-0.3, -0.25) is 0 Å². The van der Waals surface area contributed by atoms with Crippen LogP contribution in [-0.4, -0.2) is 7.05 Å². The predicted molar refractivity (Wildman–Crippen MR) is 53.7 cm³/mol. The van der Waals surface area contributed by atoms with Crippen LogP contribution in [0, 0.1) is 0 Å². The highest BCUT2D eigenvalue weighted by molar-refractivity contribution is 5.51. The first-order valence-corrected chi connectivity index (χ1v) is 3.92. The Morgan fingerprint density at radius 3 is 2.58 bits per heavy atom. The van der Waals surface area contributed by atoms with Crippen LogP contribution in [0.1, 0.15) is 5.56 Å². The van der Waals surface area contributed by atoms with Gasteiger partial charge in [0.15, 0.2) is 0 Å². The molecule has 0 bridgehead atoms. The Hall–Kier alpha value is -1.50. The van der Waals surface area contributed by atoms with Gasteiger partial charge >= 0.3 is 0 Å². The van der Waals surface area contributed by atoms with E-state index in [4.69, 9.17) is 0 Å². The first-order valence-electron chi connectivity index (χ1n) is 3.92. The van der Waals surface area contributed by atoms with E-state index in [0.29, 0.717) is 0 Å². The highest BCUT2D eigenvalue weighted by Gasteiger charge is 1.82. The Bertz CT molecular complexity index is 272. The average Bonchev–Trinajstić information content (AvgIpc) is 2.16. The zero-order chi connectivity index (χ0) is 8.81. The highest BCUT2D eigenvalue weighted by atomic mass is 14.8. The summed E-state index contributed by atoms with van der Waals surface area (Å²) in [5.41, 5.74) is 2.10. The Kier molecular flexibility index (Phi) is 3.15. The first-order chi connectivity index (χ1) is 5.83. The van der Waals surface area contributed by atoms with Crippen molar-refractivity contribution >= 4 is 6.08 Å². The van der Waals surface area contributed by atoms with E-state index in [1.165, 1.54) is 5.56 Å². The second-order valence-corrected chi connectivity index (χ2v) is 2.52. The SMILES string of the molecule is C=C(/C=C/c1ccccc1)NC. The van der Waals surface area contributed by atoms with Crippen molar-refractivity contribution in [3.8, 4) is 0 Å². The first kappa shape index (κ1) is 8.60. The Morgan fingerprint density at radius 2 is 2.00 bits per heavy atom. The largest absolute Gasteiger partial charge is 0.389 e. The van der Waals surface area contributed by atoms with Gasteiger partial charge in [-0.25, -0.2) is 0 Å². The van der Waals surface area contributed by atoms with E-state index >= 15 is 0 Å². The molecule has 1 rings (SSSR count). The molecule has 0 heterocycles. The number of hydrogen-bond acceptors (Lipinski definition) is 1. The lowest BCUT2D eigenvalue weighted by Gasteiger charge is -1.95. The zero-order valence-corrected chi connectivity index (χ0v) is 7.25. The number of benzene rings is 1. The summed E-state index contributed by atoms with van der Waals surface area (Å²) in [6.45, 7) is 3.79. The van der Waals surface area contributed by atoms with Crippen molar-refractivity contribution in [2.45, 2.75) is 0 Å². The summed E-state index contributed by atoms with van der Waals surface area (Å²) >= 11 is 0. The second-order valence-electron chi connectivity index (χ2n) is 2.52. The molecule has 1 N–H and O–H groups in total. The molecule has 1 aromatic rings. The fraction of sp³-hybridized carbons (Fsp3) is 0.0909. The van der Waals surface area contributed by atoms with E-state index < -0.39 is 0 Å². The summed E-state index contributed by atoms with van der Waals surface area (Å²) in [6.07, 6.45) is 3.98. The summed E-state index contributed by atoms with van der Waals surface area (Å²) in [4.78, 5) is 0. The molecular weight excluding hydrogens is 146 g/mol. The number of rotatable bonds is 3. The minimum absolute atomic E-state index is 0.916. The van der Waals surface area contributed by atoms with Gasteiger partial charge < -0.3 is 5.32 Å². The van der Waals surface area contributed by atoms with Crippen LogP contribution in [0.25, 0.3) is 6.08 Å². The molecule has 0 aliphatic carbocycles. The molecule has 0 aromatic heterocycles. The molecule has 0 spiro atoms. The van der Waals surface area contributed by atoms with Gasteiger partial charge in [-0.1, -0.05) is 43.0 Å². The number of hydrogen-bond donors (Lipinski definition) is 1. The molecule has 0 atom stereocenters. The minimum Gasteiger partial charge on any atom is -0.389 e. The predicted octanol–water partition coefficient (Wildman–Crippen LogP) is 2.43. The lowest BCUT2D eigenvalue weighted by molar-refractivity contribution is 1.04. The van der Waals surface area contributed by atoms with E-state index in [1.807, 2.05) is 37.4 Å². The van der Waals surface area contributed by atoms with Gasteiger partial charge in [0.2, 0.25) is 0 Å². The van der Waals surface area contributed by atoms with Gasteiger partial charge in [-0.15, -0.1) is 0 Å². The smallest absolute Gasteiger partial charge is 0.0264 e. The van der Waals surface area contributed by atoms with Gasteiger partial charge in [-0.05, 0) is 11.6 Å². The Labute approximate surface area is 73.4 Å². The van der Waals surface area contributed by atoms with Gasteiger partial charge in [-0.2, -0.15) is 0 Å². The van der Waals surface area contributed by atoms with Gasteiger partial charge in [0, 0.05) is 12.7 Å². The minimum atomic E-state index is 0.916. The maximum Gasteiger partial charge on any atom is 0.0264 e. The summed E-state index contributed by atoms with van der Waals surface area (Å²) in [5.74, 6) is 0. The number of nitrogens with one attached hydrogen (secondary N) is 1. The standard InChI is InChI=1S/C11H13N/c1-10(12-2)8-9-11-6-4-3-5-7-11/h3-9,12H,1H2,2H3/b9-8+. The van der Waals surface area contributed by atoms with Crippen molar-refractivity contribution in [2.75, 3.05) is 7.05 Å². The van der Waals surface area contributed by atoms with Crippen LogP contribution in [0.2, 0.25) is 0 Å². The number of likely N-dealkylation sites (N-methyl/N-ethyl adjacent to an activating group) is 1. The van der Waals surface area contributed by atoms with E-state index in [-0.39, 0.29) is 0 Å². The molecule has 0 saturated heterocycles. The third-order valence-electron chi connectivity index (χ3n) is 1.60. The van der Waals surface area contributed by atoms with Crippen molar-refractivity contribution in [1.29, 1.82) is 0 Å². The molecule has 1 aromatic carbocycles. The van der Waals surface area contributed by atoms with Crippen LogP contribution in [0.3, 0.4) is 0 Å². The topological polar surface area (TPSA) is 12.0 Å². The average molecular weight is 159 g/mol. The lowest BCUT2D eigenvalue weighted by atomic mass is 10.2. The molecule has 0 unspecified atom stereocenters. The fourth-order valence-corrected chi connectivity index (χ4v) is 0.844. The van der Waals surface area contributed by atoms with E-state index in [1.54, 1.807) is 0 Å². The monoisotopic (exact) mass is 159 g/mol. The molecule has 62 valence electrons. The van der Waals surface area contributed by atoms with Crippen molar-refractivity contribution in [2.24, 2.45) is 0 Å². The van der Waals surface area contributed by atoms with Crippen molar-refractivity contribution in [3.63, 3.8) is 0 Å². The zero-order valence-electron chi connectivity index (χ0n) is 7.25. The Balaban J connectivity index is 2.64. The summed E-state index contributed by atoms with van der Waals surface area (Å²) < 4.78 is 0. The fourth-order valence-electron chi connectivity index (χ4n) is 0.844. The van der Waals surface area contributed by atoms with Crippen molar-refractivity contribution in [3.05, 3.63) is 54.2 Å². The van der Waals surface area contributed by atoms with E-state index in [9.17, 15) is 0 Å². The second kappa shape index (κ2) is 4.39. The third-order valence-corrected chi connectivity index (χ3v) is 1.60. The summed E-state index contributed by atoms with van der Waals surface area (Å²) in [5, 5.41) is 2.95. The van der Waals surface area contributed by atoms with Crippen LogP contribution < -0.4 is 5.32 Å². The Morgan fingerprint density at radius 1 is 1.33 bits per heavy atom. The van der Waals surface area contributed by atoms with Crippen LogP contribution in [0.15, 0.2) is 48.7 Å². The molecule has 1 heteroatoms. The normalized spacial score (nSPS) is 10.1. The van der Waals surface area contributed by atoms with E-state index in [2.05, 4.69) is 24.0 Å². The molecule has 1 nitrogen and oxygen atoms in total. The molecule has 0 radical (unpaired) electrons. The van der Waals surface area contributed by atoms with Crippen LogP contribution in [-0.2, 0) is 0 Å². The van der Waals surface area contributed by atoms with Gasteiger partial charge in [0.05, 0.1) is 0 Å². The molecule has 0 amide bonds. The summed E-state index contributed by atoms with van der Waals surface area (Å²) in [7, 11) is 1.86. The maximum atomic E-state index is 3.79. The molecule has 0 fully saturated rings. The van der Waals surface area contributed by atoms with E-state index in [0.717, 1.165) is 5.70 Å². The molecular formula is C11H13N. The van der Waals surface area contributed by atoms with Crippen LogP contribution >= 0.6 is 0 Å². The molecule has 0 aliphatic rings. The van der Waals surface area contributed by atoms with Crippen LogP contribution in [0.4, 0.5) is 0 Å².